The number of benzene rings is 2. The smallest absolute Gasteiger partial charge is 0.243 e. The molecule has 0 unspecified atom stereocenters. The molecule has 7 heteroatoms. The molecule has 1 saturated heterocycles. The first-order valence-electron chi connectivity index (χ1n) is 7.65. The minimum atomic E-state index is -3.59. The van der Waals surface area contributed by atoms with Crippen molar-refractivity contribution in [2.45, 2.75) is 11.8 Å². The molecule has 0 bridgehead atoms. The first-order valence-corrected chi connectivity index (χ1v) is 9.47. The molecule has 0 N–H and O–H groups in total. The first-order chi connectivity index (χ1) is 11.4. The summed E-state index contributed by atoms with van der Waals surface area (Å²) < 4.78 is 40.8. The Hall–Kier alpha value is -1.63. The zero-order chi connectivity index (χ0) is 17.3. The van der Waals surface area contributed by atoms with Crippen molar-refractivity contribution >= 4 is 27.3 Å². The number of sulfonamides is 1. The highest BCUT2D eigenvalue weighted by molar-refractivity contribution is 7.89. The number of hydrogen-bond acceptors (Lipinski definition) is 3. The molecule has 0 aliphatic carbocycles. The highest BCUT2D eigenvalue weighted by Gasteiger charge is 2.29. The van der Waals surface area contributed by atoms with E-state index in [1.807, 2.05) is 11.8 Å². The van der Waals surface area contributed by atoms with Crippen LogP contribution in [0.1, 0.15) is 5.56 Å². The summed E-state index contributed by atoms with van der Waals surface area (Å²) in [5.41, 5.74) is 1.34. The largest absolute Gasteiger partial charge is 0.367 e. The Morgan fingerprint density at radius 1 is 1.04 bits per heavy atom. The molecule has 0 aromatic heterocycles. The maximum absolute atomic E-state index is 13.9. The second-order valence-electron chi connectivity index (χ2n) is 5.75. The van der Waals surface area contributed by atoms with E-state index in [1.165, 1.54) is 16.4 Å². The molecule has 128 valence electrons. The van der Waals surface area contributed by atoms with E-state index in [2.05, 4.69) is 0 Å². The molecule has 2 aromatic rings. The molecule has 1 fully saturated rings. The van der Waals surface area contributed by atoms with Crippen molar-refractivity contribution in [3.8, 4) is 0 Å². The van der Waals surface area contributed by atoms with Gasteiger partial charge in [-0.3, -0.25) is 0 Å². The molecule has 4 nitrogen and oxygen atoms in total. The van der Waals surface area contributed by atoms with E-state index in [-0.39, 0.29) is 10.7 Å². The van der Waals surface area contributed by atoms with Crippen LogP contribution in [0, 0.1) is 12.7 Å². The normalized spacial score (nSPS) is 16.4. The Kier molecular flexibility index (Phi) is 4.80. The summed E-state index contributed by atoms with van der Waals surface area (Å²) in [6.45, 7) is 3.33. The zero-order valence-corrected chi connectivity index (χ0v) is 14.8. The summed E-state index contributed by atoms with van der Waals surface area (Å²) in [5, 5.41) is 0.432. The Morgan fingerprint density at radius 2 is 1.71 bits per heavy atom. The minimum Gasteiger partial charge on any atom is -0.367 e. The second-order valence-corrected chi connectivity index (χ2v) is 8.10. The fraction of sp³-hybridized carbons (Fsp3) is 0.294. The predicted octanol–water partition coefficient (Wildman–Crippen LogP) is 3.30. The monoisotopic (exact) mass is 368 g/mol. The quantitative estimate of drug-likeness (QED) is 0.834. The Balaban J connectivity index is 1.76. The van der Waals surface area contributed by atoms with Crippen LogP contribution in [-0.2, 0) is 10.0 Å². The van der Waals surface area contributed by atoms with Crippen LogP contribution in [0.25, 0.3) is 0 Å². The summed E-state index contributed by atoms with van der Waals surface area (Å²) in [6, 6.07) is 11.3. The Bertz CT molecular complexity index is 849. The average molecular weight is 369 g/mol. The van der Waals surface area contributed by atoms with Gasteiger partial charge in [0.1, 0.15) is 5.82 Å². The number of rotatable bonds is 3. The summed E-state index contributed by atoms with van der Waals surface area (Å²) in [7, 11) is -3.59. The van der Waals surface area contributed by atoms with Gasteiger partial charge in [-0.15, -0.1) is 0 Å². The van der Waals surface area contributed by atoms with Crippen molar-refractivity contribution in [1.82, 2.24) is 4.31 Å². The van der Waals surface area contributed by atoms with Crippen molar-refractivity contribution < 1.29 is 12.8 Å². The number of hydrogen-bond donors (Lipinski definition) is 0. The molecule has 0 amide bonds. The molecule has 3 rings (SSSR count). The van der Waals surface area contributed by atoms with Gasteiger partial charge in [0.05, 0.1) is 10.6 Å². The molecular weight excluding hydrogens is 351 g/mol. The lowest BCUT2D eigenvalue weighted by molar-refractivity contribution is 0.383. The number of nitrogens with zero attached hydrogens (tertiary/aromatic N) is 2. The third-order valence-electron chi connectivity index (χ3n) is 4.21. The van der Waals surface area contributed by atoms with E-state index in [1.54, 1.807) is 30.3 Å². The van der Waals surface area contributed by atoms with Crippen molar-refractivity contribution in [3.63, 3.8) is 0 Å². The zero-order valence-electron chi connectivity index (χ0n) is 13.2. The van der Waals surface area contributed by atoms with E-state index >= 15 is 0 Å². The topological polar surface area (TPSA) is 40.6 Å². The number of piperazine rings is 1. The molecule has 1 aliphatic rings. The third-order valence-corrected chi connectivity index (χ3v) is 6.51. The van der Waals surface area contributed by atoms with Gasteiger partial charge in [0.15, 0.2) is 0 Å². The molecule has 0 saturated carbocycles. The molecule has 1 heterocycles. The predicted molar refractivity (Wildman–Crippen MR) is 93.6 cm³/mol. The molecule has 0 radical (unpaired) electrons. The molecule has 0 spiro atoms. The molecule has 1 aliphatic heterocycles. The van der Waals surface area contributed by atoms with Gasteiger partial charge in [-0.25, -0.2) is 12.8 Å². The van der Waals surface area contributed by atoms with Gasteiger partial charge in [-0.05, 0) is 36.8 Å². The lowest BCUT2D eigenvalue weighted by Gasteiger charge is -2.35. The molecule has 24 heavy (non-hydrogen) atoms. The lowest BCUT2D eigenvalue weighted by Crippen LogP contribution is -2.48. The number of halogens is 2. The maximum Gasteiger partial charge on any atom is 0.243 e. The van der Waals surface area contributed by atoms with Crippen molar-refractivity contribution in [2.75, 3.05) is 31.1 Å². The van der Waals surface area contributed by atoms with Crippen LogP contribution >= 0.6 is 11.6 Å². The molecule has 0 atom stereocenters. The van der Waals surface area contributed by atoms with E-state index in [4.69, 9.17) is 11.6 Å². The average Bonchev–Trinajstić information content (AvgIpc) is 2.58. The standard InChI is InChI=1S/C17H18ClFN2O2S/c1-13-6-7-14(12-15(13)18)24(22,23)21-10-8-20(9-11-21)17-5-3-2-4-16(17)19/h2-7,12H,8-11H2,1H3. The Morgan fingerprint density at radius 3 is 2.33 bits per heavy atom. The number of para-hydroxylation sites is 1. The van der Waals surface area contributed by atoms with Crippen molar-refractivity contribution in [2.24, 2.45) is 0 Å². The number of anilines is 1. The van der Waals surface area contributed by atoms with Crippen LogP contribution in [0.2, 0.25) is 5.02 Å². The summed E-state index contributed by atoms with van der Waals surface area (Å²) in [4.78, 5) is 2.06. The van der Waals surface area contributed by atoms with Crippen LogP contribution in [0.3, 0.4) is 0 Å². The van der Waals surface area contributed by atoms with Gasteiger partial charge in [0.25, 0.3) is 0 Å². The van der Waals surface area contributed by atoms with Gasteiger partial charge in [-0.2, -0.15) is 4.31 Å². The fourth-order valence-electron chi connectivity index (χ4n) is 2.76. The van der Waals surface area contributed by atoms with E-state index in [9.17, 15) is 12.8 Å². The second kappa shape index (κ2) is 6.70. The summed E-state index contributed by atoms with van der Waals surface area (Å²) >= 11 is 6.05. The molecule has 2 aromatic carbocycles. The fourth-order valence-corrected chi connectivity index (χ4v) is 4.45. The van der Waals surface area contributed by atoms with Gasteiger partial charge in [0.2, 0.25) is 10.0 Å². The SMILES string of the molecule is Cc1ccc(S(=O)(=O)N2CCN(c3ccccc3F)CC2)cc1Cl. The number of aryl methyl sites for hydroxylation is 1. The minimum absolute atomic E-state index is 0.192. The van der Waals surface area contributed by atoms with Crippen molar-refractivity contribution in [3.05, 3.63) is 58.9 Å². The Labute approximate surface area is 146 Å². The van der Waals surface area contributed by atoms with Crippen LogP contribution in [0.5, 0.6) is 0 Å². The van der Waals surface area contributed by atoms with Crippen LogP contribution in [0.15, 0.2) is 47.4 Å². The van der Waals surface area contributed by atoms with Gasteiger partial charge in [0, 0.05) is 31.2 Å². The van der Waals surface area contributed by atoms with E-state index in [0.29, 0.717) is 36.9 Å². The van der Waals surface area contributed by atoms with E-state index in [0.717, 1.165) is 5.56 Å². The van der Waals surface area contributed by atoms with Crippen molar-refractivity contribution in [1.29, 1.82) is 0 Å². The summed E-state index contributed by atoms with van der Waals surface area (Å²) in [5.74, 6) is -0.292. The van der Waals surface area contributed by atoms with E-state index < -0.39 is 10.0 Å². The van der Waals surface area contributed by atoms with Crippen LogP contribution in [-0.4, -0.2) is 38.9 Å². The molecular formula is C17H18ClFN2O2S. The van der Waals surface area contributed by atoms with Gasteiger partial charge >= 0.3 is 0 Å². The third kappa shape index (κ3) is 3.27. The highest BCUT2D eigenvalue weighted by atomic mass is 35.5. The van der Waals surface area contributed by atoms with Crippen LogP contribution < -0.4 is 4.90 Å². The van der Waals surface area contributed by atoms with Gasteiger partial charge < -0.3 is 4.90 Å². The maximum atomic E-state index is 13.9. The van der Waals surface area contributed by atoms with Crippen LogP contribution in [0.4, 0.5) is 10.1 Å². The summed E-state index contributed by atoms with van der Waals surface area (Å²) in [6.07, 6.45) is 0. The first kappa shape index (κ1) is 17.2. The highest BCUT2D eigenvalue weighted by Crippen LogP contribution is 2.25. The lowest BCUT2D eigenvalue weighted by atomic mass is 10.2. The van der Waals surface area contributed by atoms with Gasteiger partial charge in [-0.1, -0.05) is 29.8 Å².